The van der Waals surface area contributed by atoms with Gasteiger partial charge in [0.2, 0.25) is 11.7 Å². The molecule has 4 atom stereocenters. The zero-order chi connectivity index (χ0) is 8.86. The third-order valence-electron chi connectivity index (χ3n) is 1.75. The highest BCUT2D eigenvalue weighted by Crippen LogP contribution is 2.39. The van der Waals surface area contributed by atoms with Crippen molar-refractivity contribution >= 4 is 0 Å². The van der Waals surface area contributed by atoms with E-state index >= 15 is 0 Å². The third kappa shape index (κ3) is 1.23. The lowest BCUT2D eigenvalue weighted by Gasteiger charge is -2.17. The second-order valence-corrected chi connectivity index (χ2v) is 2.96. The zero-order valence-electron chi connectivity index (χ0n) is 6.21. The third-order valence-corrected chi connectivity index (χ3v) is 1.75. The quantitative estimate of drug-likeness (QED) is 0.539. The Hall–Kier alpha value is -0.260. The van der Waals surface area contributed by atoms with Crippen LogP contribution in [-0.4, -0.2) is 34.1 Å². The molecule has 0 aromatic rings. The lowest BCUT2D eigenvalue weighted by molar-refractivity contribution is -0.230. The molecule has 0 aromatic heterocycles. The molecular formula is C6H10F2O3. The van der Waals surface area contributed by atoms with Gasteiger partial charge in [-0.25, -0.2) is 8.78 Å². The Morgan fingerprint density at radius 2 is 1.36 bits per heavy atom. The molecule has 11 heavy (non-hydrogen) atoms. The number of hydrogen-bond donors (Lipinski definition) is 2. The largest absolute Gasteiger partial charge is 0.384 e. The van der Waals surface area contributed by atoms with E-state index in [1.54, 1.807) is 0 Å². The number of alkyl halides is 2. The van der Waals surface area contributed by atoms with Crippen LogP contribution < -0.4 is 0 Å². The fraction of sp³-hybridized carbons (Fsp3) is 1.00. The van der Waals surface area contributed by atoms with Crippen LogP contribution in [0.1, 0.15) is 13.8 Å². The average molecular weight is 168 g/mol. The van der Waals surface area contributed by atoms with Crippen LogP contribution in [0, 0.1) is 0 Å². The molecule has 4 unspecified atom stereocenters. The van der Waals surface area contributed by atoms with E-state index in [9.17, 15) is 8.78 Å². The van der Waals surface area contributed by atoms with Gasteiger partial charge in [-0.2, -0.15) is 0 Å². The van der Waals surface area contributed by atoms with Gasteiger partial charge in [-0.3, -0.25) is 0 Å². The molecule has 0 spiro atoms. The number of ether oxygens (including phenoxy) is 1. The highest BCUT2D eigenvalue weighted by atomic mass is 19.2. The maximum absolute atomic E-state index is 12.9. The summed E-state index contributed by atoms with van der Waals surface area (Å²) >= 11 is 0. The van der Waals surface area contributed by atoms with Crippen molar-refractivity contribution < 1.29 is 23.7 Å². The fourth-order valence-electron chi connectivity index (χ4n) is 1.07. The molecule has 1 rings (SSSR count). The summed E-state index contributed by atoms with van der Waals surface area (Å²) in [6.45, 7) is 1.73. The maximum Gasteiger partial charge on any atom is 0.238 e. The standard InChI is InChI=1S/C6H10F2O3/c1-5(7)3(9)4(10)6(2,8)11-5/h3-4,9-10H,1-2H3. The summed E-state index contributed by atoms with van der Waals surface area (Å²) in [5.74, 6) is -5.02. The van der Waals surface area contributed by atoms with E-state index in [0.717, 1.165) is 13.8 Å². The van der Waals surface area contributed by atoms with Crippen LogP contribution >= 0.6 is 0 Å². The summed E-state index contributed by atoms with van der Waals surface area (Å²) in [6.07, 6.45) is -3.67. The summed E-state index contributed by atoms with van der Waals surface area (Å²) in [6, 6.07) is 0. The Morgan fingerprint density at radius 1 is 1.09 bits per heavy atom. The Balaban J connectivity index is 2.86. The van der Waals surface area contributed by atoms with E-state index in [4.69, 9.17) is 10.2 Å². The molecule has 0 bridgehead atoms. The second kappa shape index (κ2) is 2.12. The summed E-state index contributed by atoms with van der Waals surface area (Å²) < 4.78 is 29.9. The zero-order valence-corrected chi connectivity index (χ0v) is 6.21. The molecule has 0 aliphatic carbocycles. The van der Waals surface area contributed by atoms with Crippen molar-refractivity contribution in [2.75, 3.05) is 0 Å². The van der Waals surface area contributed by atoms with E-state index < -0.39 is 23.9 Å². The first-order valence-corrected chi connectivity index (χ1v) is 3.21. The van der Waals surface area contributed by atoms with E-state index in [-0.39, 0.29) is 0 Å². The van der Waals surface area contributed by atoms with E-state index in [2.05, 4.69) is 4.74 Å². The first kappa shape index (κ1) is 8.83. The lowest BCUT2D eigenvalue weighted by atomic mass is 10.1. The average Bonchev–Trinajstić information content (AvgIpc) is 1.91. The molecular weight excluding hydrogens is 158 g/mol. The molecule has 0 aromatic carbocycles. The smallest absolute Gasteiger partial charge is 0.238 e. The van der Waals surface area contributed by atoms with E-state index in [0.29, 0.717) is 0 Å². The molecule has 1 aliphatic heterocycles. The van der Waals surface area contributed by atoms with Crippen molar-refractivity contribution in [1.82, 2.24) is 0 Å². The Kier molecular flexibility index (Phi) is 1.70. The minimum Gasteiger partial charge on any atom is -0.384 e. The van der Waals surface area contributed by atoms with Crippen molar-refractivity contribution in [3.8, 4) is 0 Å². The molecule has 1 heterocycles. The number of halogens is 2. The van der Waals surface area contributed by atoms with Crippen LogP contribution in [0.3, 0.4) is 0 Å². The molecule has 5 heteroatoms. The van der Waals surface area contributed by atoms with Gasteiger partial charge in [0.05, 0.1) is 0 Å². The van der Waals surface area contributed by atoms with Gasteiger partial charge >= 0.3 is 0 Å². The summed E-state index contributed by atoms with van der Waals surface area (Å²) in [4.78, 5) is 0. The van der Waals surface area contributed by atoms with Crippen molar-refractivity contribution in [1.29, 1.82) is 0 Å². The number of aliphatic hydroxyl groups excluding tert-OH is 2. The number of aliphatic hydroxyl groups is 2. The van der Waals surface area contributed by atoms with E-state index in [1.165, 1.54) is 0 Å². The summed E-state index contributed by atoms with van der Waals surface area (Å²) in [5.41, 5.74) is 0. The Labute approximate surface area is 62.6 Å². The van der Waals surface area contributed by atoms with E-state index in [1.807, 2.05) is 0 Å². The SMILES string of the molecule is CC1(F)OC(C)(F)C(O)C1O. The monoisotopic (exact) mass is 168 g/mol. The minimum atomic E-state index is -2.51. The first-order valence-electron chi connectivity index (χ1n) is 3.21. The van der Waals surface area contributed by atoms with Crippen LogP contribution in [0.15, 0.2) is 0 Å². The van der Waals surface area contributed by atoms with Gasteiger partial charge in [0, 0.05) is 0 Å². The van der Waals surface area contributed by atoms with Gasteiger partial charge in [0.25, 0.3) is 0 Å². The number of hydrogen-bond acceptors (Lipinski definition) is 3. The molecule has 0 saturated carbocycles. The maximum atomic E-state index is 12.9. The van der Waals surface area contributed by atoms with Gasteiger partial charge < -0.3 is 14.9 Å². The minimum absolute atomic E-state index is 0.867. The van der Waals surface area contributed by atoms with Crippen LogP contribution in [0.25, 0.3) is 0 Å². The van der Waals surface area contributed by atoms with Gasteiger partial charge in [0.15, 0.2) is 0 Å². The highest BCUT2D eigenvalue weighted by Gasteiger charge is 2.59. The normalized spacial score (nSPS) is 58.4. The van der Waals surface area contributed by atoms with Gasteiger partial charge in [-0.15, -0.1) is 0 Å². The molecule has 66 valence electrons. The Bertz CT molecular complexity index is 151. The van der Waals surface area contributed by atoms with Crippen molar-refractivity contribution in [3.05, 3.63) is 0 Å². The summed E-state index contributed by atoms with van der Waals surface area (Å²) in [7, 11) is 0. The molecule has 0 radical (unpaired) electrons. The molecule has 1 saturated heterocycles. The lowest BCUT2D eigenvalue weighted by Crippen LogP contribution is -2.38. The predicted molar refractivity (Wildman–Crippen MR) is 32.1 cm³/mol. The topological polar surface area (TPSA) is 49.7 Å². The number of rotatable bonds is 0. The van der Waals surface area contributed by atoms with Gasteiger partial charge in [-0.05, 0) is 13.8 Å². The predicted octanol–water partition coefficient (Wildman–Crippen LogP) is 0.110. The van der Waals surface area contributed by atoms with Gasteiger partial charge in [0.1, 0.15) is 12.2 Å². The van der Waals surface area contributed by atoms with Gasteiger partial charge in [-0.1, -0.05) is 0 Å². The summed E-state index contributed by atoms with van der Waals surface area (Å²) in [5, 5.41) is 17.7. The molecule has 0 amide bonds. The van der Waals surface area contributed by atoms with Crippen LogP contribution in [0.5, 0.6) is 0 Å². The first-order chi connectivity index (χ1) is 4.77. The fourth-order valence-corrected chi connectivity index (χ4v) is 1.07. The van der Waals surface area contributed by atoms with Crippen molar-refractivity contribution in [2.45, 2.75) is 37.8 Å². The highest BCUT2D eigenvalue weighted by molar-refractivity contribution is 4.95. The Morgan fingerprint density at radius 3 is 1.45 bits per heavy atom. The van der Waals surface area contributed by atoms with Crippen LogP contribution in [0.4, 0.5) is 8.78 Å². The van der Waals surface area contributed by atoms with Crippen LogP contribution in [0.2, 0.25) is 0 Å². The molecule has 3 nitrogen and oxygen atoms in total. The second-order valence-electron chi connectivity index (χ2n) is 2.96. The van der Waals surface area contributed by atoms with Crippen LogP contribution in [-0.2, 0) is 4.74 Å². The molecule has 1 fully saturated rings. The van der Waals surface area contributed by atoms with Crippen molar-refractivity contribution in [3.63, 3.8) is 0 Å². The molecule has 2 N–H and O–H groups in total. The van der Waals surface area contributed by atoms with Crippen molar-refractivity contribution in [2.24, 2.45) is 0 Å². The molecule has 1 aliphatic rings.